The minimum absolute atomic E-state index is 0.374. The molecule has 0 unspecified atom stereocenters. The van der Waals surface area contributed by atoms with E-state index in [0.29, 0.717) is 11.4 Å². The molecule has 0 saturated carbocycles. The zero-order valence-corrected chi connectivity index (χ0v) is 10.8. The van der Waals surface area contributed by atoms with Gasteiger partial charge in [-0.1, -0.05) is 0 Å². The summed E-state index contributed by atoms with van der Waals surface area (Å²) in [6, 6.07) is 10.8. The molecule has 2 rings (SSSR count). The fourth-order valence-corrected chi connectivity index (χ4v) is 1.55. The smallest absolute Gasteiger partial charge is 0.265 e. The lowest BCUT2D eigenvalue weighted by Crippen LogP contribution is -2.30. The third kappa shape index (κ3) is 3.78. The van der Waals surface area contributed by atoms with Crippen LogP contribution in [0.25, 0.3) is 0 Å². The molecule has 20 heavy (non-hydrogen) atoms. The molecule has 5 heteroatoms. The maximum Gasteiger partial charge on any atom is 0.265 e. The molecule has 0 spiro atoms. The van der Waals surface area contributed by atoms with E-state index in [4.69, 9.17) is 4.74 Å². The molecule has 0 heterocycles. The van der Waals surface area contributed by atoms with Gasteiger partial charge in [-0.25, -0.2) is 8.78 Å². The molecule has 0 fully saturated rings. The maximum atomic E-state index is 12.7. The van der Waals surface area contributed by atoms with Crippen LogP contribution < -0.4 is 10.1 Å². The standard InChI is InChI=1S/C15H13F2NO2/c1-10(20-14-8-4-12(17)5-9-14)15(19)18-13-6-2-11(16)3-7-13/h2-10H,1H3,(H,18,19)/t10-/m0/s1. The third-order valence-electron chi connectivity index (χ3n) is 2.61. The summed E-state index contributed by atoms with van der Waals surface area (Å²) in [7, 11) is 0. The normalized spacial score (nSPS) is 11.8. The topological polar surface area (TPSA) is 38.3 Å². The van der Waals surface area contributed by atoms with Crippen molar-refractivity contribution < 1.29 is 18.3 Å². The summed E-state index contributed by atoms with van der Waals surface area (Å²) in [5.74, 6) is -0.728. The molecule has 0 aromatic heterocycles. The SMILES string of the molecule is C[C@H](Oc1ccc(F)cc1)C(=O)Nc1ccc(F)cc1. The summed E-state index contributed by atoms with van der Waals surface area (Å²) >= 11 is 0. The van der Waals surface area contributed by atoms with Crippen molar-refractivity contribution in [1.29, 1.82) is 0 Å². The lowest BCUT2D eigenvalue weighted by atomic mass is 10.3. The summed E-state index contributed by atoms with van der Waals surface area (Å²) in [4.78, 5) is 11.9. The average Bonchev–Trinajstić information content (AvgIpc) is 2.44. The van der Waals surface area contributed by atoms with Crippen molar-refractivity contribution in [3.63, 3.8) is 0 Å². The molecule has 0 aliphatic rings. The molecular weight excluding hydrogens is 264 g/mol. The van der Waals surface area contributed by atoms with Gasteiger partial charge in [0, 0.05) is 5.69 Å². The number of hydrogen-bond acceptors (Lipinski definition) is 2. The van der Waals surface area contributed by atoms with Crippen LogP contribution in [-0.4, -0.2) is 12.0 Å². The van der Waals surface area contributed by atoms with Crippen LogP contribution in [0.15, 0.2) is 48.5 Å². The van der Waals surface area contributed by atoms with Crippen LogP contribution in [0, 0.1) is 11.6 Å². The molecule has 0 aliphatic carbocycles. The zero-order valence-electron chi connectivity index (χ0n) is 10.8. The highest BCUT2D eigenvalue weighted by molar-refractivity contribution is 5.94. The van der Waals surface area contributed by atoms with Crippen molar-refractivity contribution in [3.8, 4) is 5.75 Å². The van der Waals surface area contributed by atoms with Gasteiger partial charge in [0.15, 0.2) is 6.10 Å². The van der Waals surface area contributed by atoms with Crippen LogP contribution in [0.2, 0.25) is 0 Å². The van der Waals surface area contributed by atoms with Crippen molar-refractivity contribution in [2.45, 2.75) is 13.0 Å². The Hall–Kier alpha value is -2.43. The van der Waals surface area contributed by atoms with Gasteiger partial charge in [0.2, 0.25) is 0 Å². The van der Waals surface area contributed by atoms with Gasteiger partial charge in [-0.15, -0.1) is 0 Å². The monoisotopic (exact) mass is 277 g/mol. The number of ether oxygens (including phenoxy) is 1. The molecule has 3 nitrogen and oxygen atoms in total. The minimum atomic E-state index is -0.759. The Kier molecular flexibility index (Phi) is 4.30. The van der Waals surface area contributed by atoms with Gasteiger partial charge in [-0.05, 0) is 55.5 Å². The number of nitrogens with one attached hydrogen (secondary N) is 1. The molecular formula is C15H13F2NO2. The van der Waals surface area contributed by atoms with Crippen LogP contribution in [-0.2, 0) is 4.79 Å². The number of halogens is 2. The van der Waals surface area contributed by atoms with E-state index in [9.17, 15) is 13.6 Å². The summed E-state index contributed by atoms with van der Waals surface area (Å²) in [6.07, 6.45) is -0.759. The maximum absolute atomic E-state index is 12.7. The molecule has 0 bridgehead atoms. The van der Waals surface area contributed by atoms with Gasteiger partial charge in [0.05, 0.1) is 0 Å². The molecule has 1 atom stereocenters. The largest absolute Gasteiger partial charge is 0.481 e. The molecule has 1 N–H and O–H groups in total. The second-order valence-corrected chi connectivity index (χ2v) is 4.21. The second kappa shape index (κ2) is 6.14. The Morgan fingerprint density at radius 2 is 1.50 bits per heavy atom. The fourth-order valence-electron chi connectivity index (χ4n) is 1.55. The van der Waals surface area contributed by atoms with E-state index in [1.807, 2.05) is 0 Å². The van der Waals surface area contributed by atoms with Crippen molar-refractivity contribution in [2.75, 3.05) is 5.32 Å². The van der Waals surface area contributed by atoms with Gasteiger partial charge in [-0.3, -0.25) is 4.79 Å². The number of benzene rings is 2. The lowest BCUT2D eigenvalue weighted by Gasteiger charge is -2.14. The second-order valence-electron chi connectivity index (χ2n) is 4.21. The predicted octanol–water partition coefficient (Wildman–Crippen LogP) is 3.37. The highest BCUT2D eigenvalue weighted by atomic mass is 19.1. The number of carbonyl (C=O) groups excluding carboxylic acids is 1. The Bertz CT molecular complexity index is 582. The van der Waals surface area contributed by atoms with Crippen molar-refractivity contribution >= 4 is 11.6 Å². The van der Waals surface area contributed by atoms with Crippen molar-refractivity contribution in [3.05, 3.63) is 60.2 Å². The van der Waals surface area contributed by atoms with Gasteiger partial charge in [0.1, 0.15) is 17.4 Å². The number of rotatable bonds is 4. The van der Waals surface area contributed by atoms with Crippen molar-refractivity contribution in [2.24, 2.45) is 0 Å². The molecule has 104 valence electrons. The summed E-state index contributed by atoms with van der Waals surface area (Å²) in [6.45, 7) is 1.57. The number of carbonyl (C=O) groups is 1. The average molecular weight is 277 g/mol. The Balaban J connectivity index is 1.94. The number of amides is 1. The van der Waals surface area contributed by atoms with Gasteiger partial charge in [-0.2, -0.15) is 0 Å². The minimum Gasteiger partial charge on any atom is -0.481 e. The van der Waals surface area contributed by atoms with E-state index in [1.54, 1.807) is 6.92 Å². The van der Waals surface area contributed by atoms with Crippen molar-refractivity contribution in [1.82, 2.24) is 0 Å². The van der Waals surface area contributed by atoms with E-state index in [0.717, 1.165) is 0 Å². The molecule has 2 aromatic carbocycles. The van der Waals surface area contributed by atoms with Gasteiger partial charge in [0.25, 0.3) is 5.91 Å². The molecule has 0 saturated heterocycles. The molecule has 2 aromatic rings. The summed E-state index contributed by atoms with van der Waals surface area (Å²) in [5, 5.41) is 2.60. The highest BCUT2D eigenvalue weighted by Gasteiger charge is 2.14. The van der Waals surface area contributed by atoms with Crippen LogP contribution in [0.1, 0.15) is 6.92 Å². The van der Waals surface area contributed by atoms with Crippen LogP contribution in [0.3, 0.4) is 0 Å². The van der Waals surface area contributed by atoms with Crippen LogP contribution in [0.5, 0.6) is 5.75 Å². The van der Waals surface area contributed by atoms with Crippen LogP contribution in [0.4, 0.5) is 14.5 Å². The van der Waals surface area contributed by atoms with E-state index in [-0.39, 0.29) is 17.5 Å². The Morgan fingerprint density at radius 3 is 2.05 bits per heavy atom. The quantitative estimate of drug-likeness (QED) is 0.930. The first kappa shape index (κ1) is 14.0. The first-order valence-corrected chi connectivity index (χ1v) is 6.03. The summed E-state index contributed by atoms with van der Waals surface area (Å²) < 4.78 is 30.8. The molecule has 0 radical (unpaired) electrons. The number of anilines is 1. The van der Waals surface area contributed by atoms with Crippen LogP contribution >= 0.6 is 0 Å². The Morgan fingerprint density at radius 1 is 1.00 bits per heavy atom. The van der Waals surface area contributed by atoms with E-state index >= 15 is 0 Å². The Labute approximate surface area is 115 Å². The number of hydrogen-bond donors (Lipinski definition) is 1. The predicted molar refractivity (Wildman–Crippen MR) is 71.5 cm³/mol. The first-order chi connectivity index (χ1) is 9.54. The van der Waals surface area contributed by atoms with E-state index in [2.05, 4.69) is 5.32 Å². The highest BCUT2D eigenvalue weighted by Crippen LogP contribution is 2.14. The molecule has 1 amide bonds. The van der Waals surface area contributed by atoms with Gasteiger partial charge >= 0.3 is 0 Å². The molecule has 0 aliphatic heterocycles. The third-order valence-corrected chi connectivity index (χ3v) is 2.61. The fraction of sp³-hybridized carbons (Fsp3) is 0.133. The van der Waals surface area contributed by atoms with Gasteiger partial charge < -0.3 is 10.1 Å². The summed E-state index contributed by atoms with van der Waals surface area (Å²) in [5.41, 5.74) is 0.478. The van der Waals surface area contributed by atoms with E-state index in [1.165, 1.54) is 48.5 Å². The zero-order chi connectivity index (χ0) is 14.5. The first-order valence-electron chi connectivity index (χ1n) is 6.03. The van der Waals surface area contributed by atoms with E-state index < -0.39 is 6.10 Å². The lowest BCUT2D eigenvalue weighted by molar-refractivity contribution is -0.122.